The van der Waals surface area contributed by atoms with Crippen molar-refractivity contribution in [2.24, 2.45) is 0 Å². The van der Waals surface area contributed by atoms with Gasteiger partial charge in [0.15, 0.2) is 17.0 Å². The van der Waals surface area contributed by atoms with Gasteiger partial charge in [0, 0.05) is 22.2 Å². The molecule has 0 radical (unpaired) electrons. The molecule has 36 heavy (non-hydrogen) atoms. The molecule has 2 aliphatic heterocycles. The summed E-state index contributed by atoms with van der Waals surface area (Å²) in [6.07, 6.45) is 0. The number of carbonyl (C=O) groups excluding carboxylic acids is 1. The van der Waals surface area contributed by atoms with Crippen LogP contribution in [0.25, 0.3) is 0 Å². The molecule has 3 aromatic carbocycles. The first-order chi connectivity index (χ1) is 17.3. The third-order valence-corrected chi connectivity index (χ3v) is 7.13. The summed E-state index contributed by atoms with van der Waals surface area (Å²) in [6.45, 7) is 6.59. The second-order valence-electron chi connectivity index (χ2n) is 9.41. The quantitative estimate of drug-likeness (QED) is 0.375. The molecule has 0 aromatic heterocycles. The zero-order valence-corrected chi connectivity index (χ0v) is 20.5. The van der Waals surface area contributed by atoms with Crippen molar-refractivity contribution in [2.75, 3.05) is 11.9 Å². The summed E-state index contributed by atoms with van der Waals surface area (Å²) in [5.41, 5.74) is 2.68. The largest absolute Gasteiger partial charge is 0.490 e. The molecule has 5 rings (SSSR count). The summed E-state index contributed by atoms with van der Waals surface area (Å²) in [7, 11) is 0. The Bertz CT molecular complexity index is 1310. The van der Waals surface area contributed by atoms with Gasteiger partial charge in [-0.3, -0.25) is 20.2 Å². The molecule has 2 N–H and O–H groups in total. The fraction of sp³-hybridized carbons (Fsp3) is 0.321. The van der Waals surface area contributed by atoms with Crippen molar-refractivity contribution in [3.05, 3.63) is 99.1 Å². The number of aryl methyl sites for hydroxylation is 1. The Balaban J connectivity index is 1.50. The number of carbonyl (C=O) groups is 1. The summed E-state index contributed by atoms with van der Waals surface area (Å²) in [4.78, 5) is 25.4. The van der Waals surface area contributed by atoms with E-state index < -0.39 is 23.4 Å². The Kier molecular flexibility index (Phi) is 6.14. The fourth-order valence-electron chi connectivity index (χ4n) is 5.52. The molecule has 0 saturated carbocycles. The Morgan fingerprint density at radius 3 is 2.50 bits per heavy atom. The van der Waals surface area contributed by atoms with E-state index in [-0.39, 0.29) is 11.0 Å². The van der Waals surface area contributed by atoms with Gasteiger partial charge in [-0.25, -0.2) is 0 Å². The lowest BCUT2D eigenvalue weighted by Gasteiger charge is -2.25. The second-order valence-corrected chi connectivity index (χ2v) is 9.41. The predicted octanol–water partition coefficient (Wildman–Crippen LogP) is 4.54. The molecule has 186 valence electrons. The van der Waals surface area contributed by atoms with Crippen LogP contribution in [0.5, 0.6) is 11.5 Å². The minimum absolute atomic E-state index is 0.328. The van der Waals surface area contributed by atoms with E-state index in [4.69, 9.17) is 9.47 Å². The molecule has 8 heteroatoms. The highest BCUT2D eigenvalue weighted by Gasteiger charge is 2.67. The molecule has 8 nitrogen and oxygen atoms in total. The standard InChI is InChI=1S/C28H29N3O5/c1-4-35-24-15-20(13-14-23(24)36-16-19-11-9-17(2)10-12-19)25-18(3)30-28(26(25)31(33)34)21-7-5-6-8-22(21)29-27(28)32/h5-15,18,25-26,30H,4,16H2,1-3H3,(H,29,32)/t18-,25-,26+,28-/m0/s1. The number of hydrogen-bond acceptors (Lipinski definition) is 6. The van der Waals surface area contributed by atoms with E-state index in [9.17, 15) is 14.9 Å². The van der Waals surface area contributed by atoms with Crippen LogP contribution in [0.2, 0.25) is 0 Å². The third kappa shape index (κ3) is 3.87. The number of benzene rings is 3. The number of nitrogens with zero attached hydrogens (tertiary/aromatic N) is 1. The average Bonchev–Trinajstić information content (AvgIpc) is 3.33. The van der Waals surface area contributed by atoms with Crippen LogP contribution in [-0.4, -0.2) is 29.5 Å². The summed E-state index contributed by atoms with van der Waals surface area (Å²) < 4.78 is 11.9. The molecule has 1 saturated heterocycles. The minimum atomic E-state index is -1.45. The molecular weight excluding hydrogens is 458 g/mol. The number of anilines is 1. The van der Waals surface area contributed by atoms with Gasteiger partial charge in [0.25, 0.3) is 11.9 Å². The van der Waals surface area contributed by atoms with Crippen molar-refractivity contribution in [1.82, 2.24) is 5.32 Å². The number of ether oxygens (including phenoxy) is 2. The van der Waals surface area contributed by atoms with Crippen LogP contribution in [0.3, 0.4) is 0 Å². The molecule has 0 unspecified atom stereocenters. The number of nitro groups is 1. The molecule has 1 fully saturated rings. The number of rotatable bonds is 7. The molecular formula is C28H29N3O5. The van der Waals surface area contributed by atoms with E-state index in [2.05, 4.69) is 10.6 Å². The van der Waals surface area contributed by atoms with Crippen LogP contribution in [0.1, 0.15) is 42.0 Å². The highest BCUT2D eigenvalue weighted by atomic mass is 16.6. The maximum atomic E-state index is 13.2. The van der Waals surface area contributed by atoms with Crippen LogP contribution in [0.15, 0.2) is 66.7 Å². The lowest BCUT2D eigenvalue weighted by molar-refractivity contribution is -0.532. The Morgan fingerprint density at radius 2 is 1.78 bits per heavy atom. The van der Waals surface area contributed by atoms with Gasteiger partial charge in [0.05, 0.1) is 12.5 Å². The summed E-state index contributed by atoms with van der Waals surface area (Å²) >= 11 is 0. The highest BCUT2D eigenvalue weighted by molar-refractivity contribution is 6.07. The third-order valence-electron chi connectivity index (χ3n) is 7.13. The van der Waals surface area contributed by atoms with E-state index in [1.165, 1.54) is 5.56 Å². The van der Waals surface area contributed by atoms with Crippen molar-refractivity contribution in [1.29, 1.82) is 0 Å². The van der Waals surface area contributed by atoms with Gasteiger partial charge in [-0.1, -0.05) is 54.1 Å². The van der Waals surface area contributed by atoms with Crippen molar-refractivity contribution < 1.29 is 19.2 Å². The molecule has 1 amide bonds. The smallest absolute Gasteiger partial charge is 0.256 e. The van der Waals surface area contributed by atoms with Gasteiger partial charge >= 0.3 is 0 Å². The summed E-state index contributed by atoms with van der Waals surface area (Å²) in [5.74, 6) is 0.120. The number of fused-ring (bicyclic) bond motifs is 2. The van der Waals surface area contributed by atoms with Gasteiger partial charge in [-0.2, -0.15) is 0 Å². The van der Waals surface area contributed by atoms with Crippen molar-refractivity contribution in [2.45, 2.75) is 50.9 Å². The molecule has 2 heterocycles. The fourth-order valence-corrected chi connectivity index (χ4v) is 5.52. The zero-order chi connectivity index (χ0) is 25.4. The molecule has 2 aliphatic rings. The molecule has 0 aliphatic carbocycles. The average molecular weight is 488 g/mol. The van der Waals surface area contributed by atoms with Crippen LogP contribution < -0.4 is 20.1 Å². The Morgan fingerprint density at radius 1 is 1.03 bits per heavy atom. The van der Waals surface area contributed by atoms with E-state index >= 15 is 0 Å². The van der Waals surface area contributed by atoms with Crippen LogP contribution >= 0.6 is 0 Å². The Labute approximate surface area is 209 Å². The van der Waals surface area contributed by atoms with Crippen molar-refractivity contribution >= 4 is 11.6 Å². The van der Waals surface area contributed by atoms with Gasteiger partial charge in [0.1, 0.15) is 6.61 Å². The van der Waals surface area contributed by atoms with Crippen LogP contribution in [-0.2, 0) is 16.9 Å². The molecule has 1 spiro atoms. The number of para-hydroxylation sites is 1. The molecule has 4 atom stereocenters. The normalized spacial score (nSPS) is 24.4. The van der Waals surface area contributed by atoms with Gasteiger partial charge in [-0.05, 0) is 50.1 Å². The lowest BCUT2D eigenvalue weighted by Crippen LogP contribution is -2.54. The van der Waals surface area contributed by atoms with Gasteiger partial charge < -0.3 is 14.8 Å². The summed E-state index contributed by atoms with van der Waals surface area (Å²) in [5, 5.41) is 18.7. The van der Waals surface area contributed by atoms with E-state index in [0.717, 1.165) is 11.1 Å². The molecule has 3 aromatic rings. The van der Waals surface area contributed by atoms with Gasteiger partial charge in [0.2, 0.25) is 0 Å². The first-order valence-corrected chi connectivity index (χ1v) is 12.1. The van der Waals surface area contributed by atoms with Crippen molar-refractivity contribution in [3.8, 4) is 11.5 Å². The number of amides is 1. The van der Waals surface area contributed by atoms with Gasteiger partial charge in [-0.15, -0.1) is 0 Å². The lowest BCUT2D eigenvalue weighted by atomic mass is 9.78. The topological polar surface area (TPSA) is 103 Å². The number of nitrogens with one attached hydrogen (secondary N) is 2. The van der Waals surface area contributed by atoms with Crippen molar-refractivity contribution in [3.63, 3.8) is 0 Å². The minimum Gasteiger partial charge on any atom is -0.490 e. The molecule has 0 bridgehead atoms. The zero-order valence-electron chi connectivity index (χ0n) is 20.5. The SMILES string of the molecule is CCOc1cc([C@@H]2[C@H](C)N[C@]3(C(=O)Nc4ccccc43)[C@@H]2[N+](=O)[O-])ccc1OCc1ccc(C)cc1. The predicted molar refractivity (Wildman–Crippen MR) is 136 cm³/mol. The maximum absolute atomic E-state index is 13.2. The van der Waals surface area contributed by atoms with Crippen LogP contribution in [0.4, 0.5) is 5.69 Å². The highest BCUT2D eigenvalue weighted by Crippen LogP contribution is 2.50. The first kappa shape index (κ1) is 23.8. The van der Waals surface area contributed by atoms with E-state index in [1.807, 2.05) is 57.2 Å². The monoisotopic (exact) mass is 487 g/mol. The Hall–Kier alpha value is -3.91. The van der Waals surface area contributed by atoms with Crippen LogP contribution in [0, 0.1) is 17.0 Å². The van der Waals surface area contributed by atoms with E-state index in [0.29, 0.717) is 36.0 Å². The first-order valence-electron chi connectivity index (χ1n) is 12.1. The summed E-state index contributed by atoms with van der Waals surface area (Å²) in [6, 6.07) is 19.1. The maximum Gasteiger partial charge on any atom is 0.256 e. The second kappa shape index (κ2) is 9.28. The number of hydrogen-bond donors (Lipinski definition) is 2. The van der Waals surface area contributed by atoms with E-state index in [1.54, 1.807) is 30.3 Å².